The number of alkyl halides is 3. The molecule has 7 heteroatoms. The van der Waals surface area contributed by atoms with E-state index in [4.69, 9.17) is 9.47 Å². The minimum absolute atomic E-state index is 0.00813. The smallest absolute Gasteiger partial charge is 0.422 e. The molecule has 0 spiro atoms. The van der Waals surface area contributed by atoms with E-state index in [1.165, 1.54) is 13.2 Å². The third-order valence-corrected chi connectivity index (χ3v) is 4.32. The van der Waals surface area contributed by atoms with E-state index in [0.29, 0.717) is 6.42 Å². The van der Waals surface area contributed by atoms with Gasteiger partial charge in [0.15, 0.2) is 18.1 Å². The number of nitrogens with one attached hydrogen (secondary N) is 1. The number of hydrogen-bond donors (Lipinski definition) is 1. The van der Waals surface area contributed by atoms with Crippen molar-refractivity contribution in [3.63, 3.8) is 0 Å². The van der Waals surface area contributed by atoms with Gasteiger partial charge in [0.05, 0.1) is 7.11 Å². The fourth-order valence-corrected chi connectivity index (χ4v) is 2.95. The number of hydrogen-bond acceptors (Lipinski definition) is 3. The van der Waals surface area contributed by atoms with Crippen molar-refractivity contribution in [3.05, 3.63) is 66.2 Å². The number of ether oxygens (including phenoxy) is 2. The Hall–Kier alpha value is -3.22. The van der Waals surface area contributed by atoms with Gasteiger partial charge in [-0.25, -0.2) is 0 Å². The van der Waals surface area contributed by atoms with Crippen LogP contribution in [0.4, 0.5) is 18.9 Å². The molecule has 0 aliphatic heterocycles. The molecular weight excluding hydrogens is 383 g/mol. The first-order valence-electron chi connectivity index (χ1n) is 9.00. The average molecular weight is 403 g/mol. The summed E-state index contributed by atoms with van der Waals surface area (Å²) < 4.78 is 46.9. The fourth-order valence-electron chi connectivity index (χ4n) is 2.95. The summed E-state index contributed by atoms with van der Waals surface area (Å²) >= 11 is 0. The summed E-state index contributed by atoms with van der Waals surface area (Å²) in [6, 6.07) is 18.1. The van der Waals surface area contributed by atoms with Crippen molar-refractivity contribution in [2.45, 2.75) is 19.0 Å². The standard InChI is InChI=1S/C22H20F3NO3/c1-28-20-13-15(9-11-19(20)29-14-22(23,24)25)10-12-21(27)26-18-8-4-6-16-5-2-3-7-17(16)18/h2-9,11,13H,10,12,14H2,1H3,(H,26,27). The molecule has 1 N–H and O–H groups in total. The van der Waals surface area contributed by atoms with Crippen LogP contribution in [0.2, 0.25) is 0 Å². The first-order valence-corrected chi connectivity index (χ1v) is 9.00. The van der Waals surface area contributed by atoms with Crippen molar-refractivity contribution in [3.8, 4) is 11.5 Å². The van der Waals surface area contributed by atoms with E-state index in [1.54, 1.807) is 12.1 Å². The number of fused-ring (bicyclic) bond motifs is 1. The Balaban J connectivity index is 1.62. The zero-order valence-corrected chi connectivity index (χ0v) is 15.8. The Morgan fingerprint density at radius 2 is 1.76 bits per heavy atom. The first kappa shape index (κ1) is 20.5. The van der Waals surface area contributed by atoms with Crippen LogP contribution in [0.1, 0.15) is 12.0 Å². The van der Waals surface area contributed by atoms with Crippen LogP contribution in [0.15, 0.2) is 60.7 Å². The second-order valence-corrected chi connectivity index (χ2v) is 6.46. The quantitative estimate of drug-likeness (QED) is 0.578. The number of amides is 1. The van der Waals surface area contributed by atoms with E-state index in [-0.39, 0.29) is 23.8 Å². The van der Waals surface area contributed by atoms with Crippen LogP contribution in [-0.4, -0.2) is 25.8 Å². The van der Waals surface area contributed by atoms with Crippen LogP contribution >= 0.6 is 0 Å². The van der Waals surface area contributed by atoms with Crippen LogP contribution < -0.4 is 14.8 Å². The predicted molar refractivity (Wildman–Crippen MR) is 105 cm³/mol. The monoisotopic (exact) mass is 403 g/mol. The van der Waals surface area contributed by atoms with Gasteiger partial charge in [0.25, 0.3) is 0 Å². The molecule has 3 rings (SSSR count). The van der Waals surface area contributed by atoms with Crippen molar-refractivity contribution in [1.82, 2.24) is 0 Å². The normalized spacial score (nSPS) is 11.3. The van der Waals surface area contributed by atoms with E-state index in [0.717, 1.165) is 22.0 Å². The van der Waals surface area contributed by atoms with Gasteiger partial charge in [0, 0.05) is 17.5 Å². The summed E-state index contributed by atoms with van der Waals surface area (Å²) in [6.45, 7) is -1.39. The highest BCUT2D eigenvalue weighted by Gasteiger charge is 2.29. The lowest BCUT2D eigenvalue weighted by molar-refractivity contribution is -0.153. The maximum absolute atomic E-state index is 12.4. The number of halogens is 3. The highest BCUT2D eigenvalue weighted by molar-refractivity contribution is 6.02. The molecule has 152 valence electrons. The highest BCUT2D eigenvalue weighted by atomic mass is 19.4. The van der Waals surface area contributed by atoms with Crippen LogP contribution in [0.3, 0.4) is 0 Å². The molecular formula is C22H20F3NO3. The second kappa shape index (κ2) is 8.86. The number of carbonyl (C=O) groups is 1. The van der Waals surface area contributed by atoms with E-state index in [9.17, 15) is 18.0 Å². The molecule has 0 aliphatic rings. The Bertz CT molecular complexity index is 997. The van der Waals surface area contributed by atoms with E-state index in [2.05, 4.69) is 5.32 Å². The molecule has 29 heavy (non-hydrogen) atoms. The zero-order chi connectivity index (χ0) is 20.9. The number of rotatable bonds is 7. The molecule has 0 aromatic heterocycles. The average Bonchev–Trinajstić information content (AvgIpc) is 2.70. The highest BCUT2D eigenvalue weighted by Crippen LogP contribution is 2.30. The first-order chi connectivity index (χ1) is 13.9. The van der Waals surface area contributed by atoms with Crippen LogP contribution in [-0.2, 0) is 11.2 Å². The summed E-state index contributed by atoms with van der Waals surface area (Å²) in [5.41, 5.74) is 1.50. The molecule has 1 amide bonds. The molecule has 3 aromatic carbocycles. The van der Waals surface area contributed by atoms with Gasteiger partial charge in [-0.15, -0.1) is 0 Å². The van der Waals surface area contributed by atoms with Gasteiger partial charge in [-0.3, -0.25) is 4.79 Å². The molecule has 0 unspecified atom stereocenters. The second-order valence-electron chi connectivity index (χ2n) is 6.46. The van der Waals surface area contributed by atoms with Crippen molar-refractivity contribution in [1.29, 1.82) is 0 Å². The molecule has 0 aliphatic carbocycles. The summed E-state index contributed by atoms with van der Waals surface area (Å²) in [4.78, 5) is 12.4. The van der Waals surface area contributed by atoms with E-state index >= 15 is 0 Å². The van der Waals surface area contributed by atoms with Crippen LogP contribution in [0.5, 0.6) is 11.5 Å². The SMILES string of the molecule is COc1cc(CCC(=O)Nc2cccc3ccccc23)ccc1OCC(F)(F)F. The summed E-state index contributed by atoms with van der Waals surface area (Å²) in [7, 11) is 1.35. The third-order valence-electron chi connectivity index (χ3n) is 4.32. The molecule has 0 bridgehead atoms. The van der Waals surface area contributed by atoms with E-state index < -0.39 is 12.8 Å². The summed E-state index contributed by atoms with van der Waals surface area (Å²) in [5, 5.41) is 4.90. The Morgan fingerprint density at radius 3 is 2.52 bits per heavy atom. The summed E-state index contributed by atoms with van der Waals surface area (Å²) in [5.74, 6) is 0.0488. The predicted octanol–water partition coefficient (Wildman–Crippen LogP) is 5.36. The molecule has 0 atom stereocenters. The summed E-state index contributed by atoms with van der Waals surface area (Å²) in [6.07, 6.45) is -3.80. The van der Waals surface area contributed by atoms with Gasteiger partial charge in [-0.05, 0) is 35.6 Å². The minimum Gasteiger partial charge on any atom is -0.493 e. The fraction of sp³-hybridized carbons (Fsp3) is 0.227. The lowest BCUT2D eigenvalue weighted by Crippen LogP contribution is -2.19. The molecule has 0 saturated carbocycles. The zero-order valence-electron chi connectivity index (χ0n) is 15.8. The van der Waals surface area contributed by atoms with Gasteiger partial charge in [-0.1, -0.05) is 42.5 Å². The van der Waals surface area contributed by atoms with Crippen molar-refractivity contribution >= 4 is 22.4 Å². The number of methoxy groups -OCH3 is 1. The maximum Gasteiger partial charge on any atom is 0.422 e. The molecule has 4 nitrogen and oxygen atoms in total. The van der Waals surface area contributed by atoms with Crippen molar-refractivity contribution < 1.29 is 27.4 Å². The number of carbonyl (C=O) groups excluding carboxylic acids is 1. The van der Waals surface area contributed by atoms with E-state index in [1.807, 2.05) is 42.5 Å². The van der Waals surface area contributed by atoms with Crippen molar-refractivity contribution in [2.75, 3.05) is 19.0 Å². The topological polar surface area (TPSA) is 47.6 Å². The van der Waals surface area contributed by atoms with Gasteiger partial charge in [0.1, 0.15) is 0 Å². The van der Waals surface area contributed by atoms with Crippen LogP contribution in [0, 0.1) is 0 Å². The van der Waals surface area contributed by atoms with Gasteiger partial charge in [0.2, 0.25) is 5.91 Å². The largest absolute Gasteiger partial charge is 0.493 e. The molecule has 0 fully saturated rings. The van der Waals surface area contributed by atoms with Crippen molar-refractivity contribution in [2.24, 2.45) is 0 Å². The van der Waals surface area contributed by atoms with Crippen LogP contribution in [0.25, 0.3) is 10.8 Å². The number of aryl methyl sites for hydroxylation is 1. The molecule has 0 radical (unpaired) electrons. The maximum atomic E-state index is 12.4. The van der Waals surface area contributed by atoms with Gasteiger partial charge in [-0.2, -0.15) is 13.2 Å². The minimum atomic E-state index is -4.43. The Morgan fingerprint density at radius 1 is 1.00 bits per heavy atom. The lowest BCUT2D eigenvalue weighted by Gasteiger charge is -2.13. The molecule has 3 aromatic rings. The lowest BCUT2D eigenvalue weighted by atomic mass is 10.1. The Labute approximate surface area is 166 Å². The van der Waals surface area contributed by atoms with Gasteiger partial charge < -0.3 is 14.8 Å². The van der Waals surface area contributed by atoms with Gasteiger partial charge >= 0.3 is 6.18 Å². The third kappa shape index (κ3) is 5.63. The number of anilines is 1. The molecule has 0 saturated heterocycles. The Kier molecular flexibility index (Phi) is 6.26. The molecule has 0 heterocycles. The number of benzene rings is 3.